The molecule has 1 aliphatic heterocycles. The van der Waals surface area contributed by atoms with Crippen LogP contribution < -0.4 is 9.47 Å². The second-order valence-corrected chi connectivity index (χ2v) is 13.1. The second kappa shape index (κ2) is 9.37. The zero-order chi connectivity index (χ0) is 26.0. The summed E-state index contributed by atoms with van der Waals surface area (Å²) in [6, 6.07) is 34.6. The van der Waals surface area contributed by atoms with E-state index in [0.717, 1.165) is 51.6 Å². The largest absolute Gasteiger partial charge is 0.454 e. The first-order valence-electron chi connectivity index (χ1n) is 12.0. The quantitative estimate of drug-likeness (QED) is 0.179. The van der Waals surface area contributed by atoms with Crippen LogP contribution in [0, 0.1) is 0 Å². The number of ether oxygens (including phenoxy) is 2. The molecule has 1 aliphatic carbocycles. The van der Waals surface area contributed by atoms with Crippen molar-refractivity contribution in [3.05, 3.63) is 137 Å². The molecule has 0 amide bonds. The number of hydrogen-bond donors (Lipinski definition) is 0. The number of benzene rings is 5. The van der Waals surface area contributed by atoms with E-state index in [1.54, 1.807) is 0 Å². The monoisotopic (exact) mass is 750 g/mol. The second-order valence-electron chi connectivity index (χ2n) is 9.41. The predicted octanol–water partition coefficient (Wildman–Crippen LogP) is 10.5. The Balaban J connectivity index is 1.69. The number of halogens is 4. The van der Waals surface area contributed by atoms with Crippen molar-refractivity contribution in [1.82, 2.24) is 0 Å². The lowest BCUT2D eigenvalue weighted by Gasteiger charge is -2.34. The van der Waals surface area contributed by atoms with Gasteiger partial charge in [-0.2, -0.15) is 0 Å². The molecule has 2 nitrogen and oxygen atoms in total. The summed E-state index contributed by atoms with van der Waals surface area (Å²) >= 11 is 15.1. The summed E-state index contributed by atoms with van der Waals surface area (Å²) in [5.74, 6) is 1.55. The Kier molecular flexibility index (Phi) is 6.08. The lowest BCUT2D eigenvalue weighted by Crippen LogP contribution is -2.29. The lowest BCUT2D eigenvalue weighted by atomic mass is 9.67. The minimum absolute atomic E-state index is 0.225. The van der Waals surface area contributed by atoms with Gasteiger partial charge in [0, 0.05) is 17.9 Å². The van der Waals surface area contributed by atoms with Crippen LogP contribution in [0.15, 0.2) is 115 Å². The van der Waals surface area contributed by atoms with Crippen LogP contribution in [0.25, 0.3) is 22.3 Å². The Morgan fingerprint density at radius 2 is 1.11 bits per heavy atom. The maximum Gasteiger partial charge on any atom is 0.231 e. The van der Waals surface area contributed by atoms with Gasteiger partial charge >= 0.3 is 0 Å². The van der Waals surface area contributed by atoms with E-state index in [2.05, 4.69) is 161 Å². The highest BCUT2D eigenvalue weighted by Crippen LogP contribution is 2.61. The molecule has 0 N–H and O–H groups in total. The third-order valence-corrected chi connectivity index (χ3v) is 9.16. The molecule has 7 rings (SSSR count). The number of hydrogen-bond acceptors (Lipinski definition) is 2. The van der Waals surface area contributed by atoms with Gasteiger partial charge in [-0.15, -0.1) is 0 Å². The van der Waals surface area contributed by atoms with Gasteiger partial charge in [-0.25, -0.2) is 0 Å². The van der Waals surface area contributed by atoms with E-state index in [9.17, 15) is 0 Å². The summed E-state index contributed by atoms with van der Waals surface area (Å²) < 4.78 is 15.8. The summed E-state index contributed by atoms with van der Waals surface area (Å²) in [5, 5.41) is 0. The van der Waals surface area contributed by atoms with Crippen LogP contribution in [-0.2, 0) is 5.41 Å². The van der Waals surface area contributed by atoms with Gasteiger partial charge in [0.15, 0.2) is 11.5 Å². The normalized spacial score (nSPS) is 14.3. The molecule has 186 valence electrons. The third kappa shape index (κ3) is 3.75. The molecular weight excluding hydrogens is 736 g/mol. The molecule has 0 fully saturated rings. The Hall–Kier alpha value is -2.38. The third-order valence-electron chi connectivity index (χ3n) is 7.33. The van der Waals surface area contributed by atoms with Crippen molar-refractivity contribution in [2.45, 2.75) is 5.41 Å². The van der Waals surface area contributed by atoms with Crippen molar-refractivity contribution in [3.8, 4) is 33.8 Å². The van der Waals surface area contributed by atoms with E-state index < -0.39 is 5.41 Å². The van der Waals surface area contributed by atoms with E-state index >= 15 is 0 Å². The zero-order valence-electron chi connectivity index (χ0n) is 19.8. The average molecular weight is 754 g/mol. The van der Waals surface area contributed by atoms with E-state index in [0.29, 0.717) is 0 Å². The minimum atomic E-state index is -0.616. The van der Waals surface area contributed by atoms with Crippen molar-refractivity contribution >= 4 is 63.7 Å². The first kappa shape index (κ1) is 24.6. The van der Waals surface area contributed by atoms with E-state index in [1.807, 2.05) is 0 Å². The fourth-order valence-corrected chi connectivity index (χ4v) is 8.53. The molecular formula is C32H18Br4O2. The molecule has 0 bridgehead atoms. The fourth-order valence-electron chi connectivity index (χ4n) is 5.95. The highest BCUT2D eigenvalue weighted by molar-refractivity contribution is 9.11. The maximum absolute atomic E-state index is 5.94. The van der Waals surface area contributed by atoms with Crippen molar-refractivity contribution in [2.75, 3.05) is 6.79 Å². The molecule has 0 spiro atoms. The van der Waals surface area contributed by atoms with Crippen LogP contribution in [0.5, 0.6) is 11.5 Å². The SMILES string of the molecule is Brc1cc(Br)cc(C2(c3cc(Br)cc(Br)c3)c3cc4c(cc3-c3c(-c5ccccc5)cccc32)OCO4)c1. The Morgan fingerprint density at radius 3 is 1.71 bits per heavy atom. The van der Waals surface area contributed by atoms with Gasteiger partial charge < -0.3 is 9.47 Å². The van der Waals surface area contributed by atoms with Crippen LogP contribution >= 0.6 is 63.7 Å². The molecule has 0 aromatic heterocycles. The first-order valence-corrected chi connectivity index (χ1v) is 15.2. The molecule has 0 saturated carbocycles. The molecule has 5 aromatic carbocycles. The van der Waals surface area contributed by atoms with Crippen LogP contribution in [0.3, 0.4) is 0 Å². The summed E-state index contributed by atoms with van der Waals surface area (Å²) in [5.41, 5.74) is 8.77. The van der Waals surface area contributed by atoms with Gasteiger partial charge in [0.25, 0.3) is 0 Å². The molecule has 1 heterocycles. The van der Waals surface area contributed by atoms with Gasteiger partial charge in [-0.3, -0.25) is 0 Å². The molecule has 5 aromatic rings. The Labute approximate surface area is 254 Å². The van der Waals surface area contributed by atoms with Gasteiger partial charge in [0.2, 0.25) is 6.79 Å². The van der Waals surface area contributed by atoms with Gasteiger partial charge in [-0.1, -0.05) is 112 Å². The summed E-state index contributed by atoms with van der Waals surface area (Å²) in [4.78, 5) is 0. The van der Waals surface area contributed by atoms with Gasteiger partial charge in [0.1, 0.15) is 0 Å². The first-order chi connectivity index (χ1) is 18.4. The Bertz CT molecular complexity index is 1660. The highest BCUT2D eigenvalue weighted by Gasteiger charge is 2.48. The molecule has 0 saturated heterocycles. The van der Waals surface area contributed by atoms with Crippen molar-refractivity contribution in [1.29, 1.82) is 0 Å². The van der Waals surface area contributed by atoms with Gasteiger partial charge in [-0.05, 0) is 93.0 Å². The topological polar surface area (TPSA) is 18.5 Å². The van der Waals surface area contributed by atoms with E-state index in [4.69, 9.17) is 9.47 Å². The molecule has 2 aliphatic rings. The summed E-state index contributed by atoms with van der Waals surface area (Å²) in [6.07, 6.45) is 0. The zero-order valence-corrected chi connectivity index (χ0v) is 26.1. The standard InChI is InChI=1S/C32H18Br4O2/c33-21-9-19(10-22(34)13-21)32(20-11-23(35)14-24(36)12-20)27-8-4-7-25(18-5-2-1-3-6-18)31(27)26-15-29-30(16-28(26)32)38-17-37-29/h1-16H,17H2. The van der Waals surface area contributed by atoms with Crippen LogP contribution in [0.4, 0.5) is 0 Å². The molecule has 0 atom stereocenters. The molecule has 0 radical (unpaired) electrons. The van der Waals surface area contributed by atoms with Gasteiger partial charge in [0.05, 0.1) is 5.41 Å². The number of rotatable bonds is 3. The van der Waals surface area contributed by atoms with E-state index in [-0.39, 0.29) is 6.79 Å². The highest BCUT2D eigenvalue weighted by atomic mass is 79.9. The van der Waals surface area contributed by atoms with Crippen LogP contribution in [-0.4, -0.2) is 6.79 Å². The number of fused-ring (bicyclic) bond motifs is 4. The molecule has 38 heavy (non-hydrogen) atoms. The summed E-state index contributed by atoms with van der Waals surface area (Å²) in [7, 11) is 0. The van der Waals surface area contributed by atoms with Crippen molar-refractivity contribution < 1.29 is 9.47 Å². The van der Waals surface area contributed by atoms with Crippen LogP contribution in [0.2, 0.25) is 0 Å². The average Bonchev–Trinajstić information content (AvgIpc) is 3.47. The van der Waals surface area contributed by atoms with Crippen molar-refractivity contribution in [3.63, 3.8) is 0 Å². The summed E-state index contributed by atoms with van der Waals surface area (Å²) in [6.45, 7) is 0.225. The molecule has 6 heteroatoms. The van der Waals surface area contributed by atoms with Crippen LogP contribution in [0.1, 0.15) is 22.3 Å². The van der Waals surface area contributed by atoms with E-state index in [1.165, 1.54) is 22.3 Å². The van der Waals surface area contributed by atoms with Crippen molar-refractivity contribution in [2.24, 2.45) is 0 Å². The smallest absolute Gasteiger partial charge is 0.231 e. The Morgan fingerprint density at radius 1 is 0.526 bits per heavy atom. The predicted molar refractivity (Wildman–Crippen MR) is 166 cm³/mol. The maximum atomic E-state index is 5.94. The fraction of sp³-hybridized carbons (Fsp3) is 0.0625. The minimum Gasteiger partial charge on any atom is -0.454 e. The molecule has 0 unspecified atom stereocenters. The lowest BCUT2D eigenvalue weighted by molar-refractivity contribution is 0.174.